The summed E-state index contributed by atoms with van der Waals surface area (Å²) in [4.78, 5) is 48.9. The van der Waals surface area contributed by atoms with Crippen LogP contribution in [0.3, 0.4) is 0 Å². The van der Waals surface area contributed by atoms with Crippen LogP contribution in [0.2, 0.25) is 0 Å². The number of hydrogen-bond donors (Lipinski definition) is 1. The molecule has 2 aromatic rings. The van der Waals surface area contributed by atoms with E-state index in [1.165, 1.54) is 16.2 Å². The van der Waals surface area contributed by atoms with Gasteiger partial charge in [0.15, 0.2) is 6.61 Å². The Morgan fingerprint density at radius 1 is 1.11 bits per heavy atom. The summed E-state index contributed by atoms with van der Waals surface area (Å²) in [5.41, 5.74) is 0. The Balaban J connectivity index is 1.87. The van der Waals surface area contributed by atoms with Crippen molar-refractivity contribution in [2.75, 3.05) is 26.3 Å². The first kappa shape index (κ1) is 20.4. The summed E-state index contributed by atoms with van der Waals surface area (Å²) < 4.78 is 10.6. The number of hydrogen-bond acceptors (Lipinski definition) is 7. The van der Waals surface area contributed by atoms with Crippen LogP contribution in [0.1, 0.15) is 23.5 Å². The Hall–Kier alpha value is -2.94. The lowest BCUT2D eigenvalue weighted by Crippen LogP contribution is -2.44. The van der Waals surface area contributed by atoms with E-state index in [0.717, 1.165) is 10.1 Å². The smallest absolute Gasteiger partial charge is 0.413 e. The maximum atomic E-state index is 12.2. The number of rotatable bonds is 7. The number of esters is 1. The van der Waals surface area contributed by atoms with Crippen molar-refractivity contribution in [3.05, 3.63) is 35.2 Å². The van der Waals surface area contributed by atoms with Gasteiger partial charge in [-0.1, -0.05) is 18.2 Å². The molecule has 0 aliphatic heterocycles. The third-order valence-corrected chi connectivity index (χ3v) is 4.64. The van der Waals surface area contributed by atoms with E-state index in [1.54, 1.807) is 19.9 Å². The van der Waals surface area contributed by atoms with Gasteiger partial charge in [-0.05, 0) is 31.4 Å². The Kier molecular flexibility index (Phi) is 7.30. The average Bonchev–Trinajstić information content (AvgIpc) is 3.08. The number of imide groups is 1. The summed E-state index contributed by atoms with van der Waals surface area (Å²) >= 11 is 1.28. The van der Waals surface area contributed by atoms with Gasteiger partial charge >= 0.3 is 12.1 Å². The molecule has 0 unspecified atom stereocenters. The van der Waals surface area contributed by atoms with Crippen molar-refractivity contribution < 1.29 is 28.7 Å². The van der Waals surface area contributed by atoms with Gasteiger partial charge in [-0.25, -0.2) is 9.59 Å². The number of nitrogens with one attached hydrogen (secondary N) is 1. The highest BCUT2D eigenvalue weighted by atomic mass is 32.1. The highest BCUT2D eigenvalue weighted by Gasteiger charge is 2.20. The maximum absolute atomic E-state index is 12.2. The second-order valence-corrected chi connectivity index (χ2v) is 6.48. The van der Waals surface area contributed by atoms with E-state index < -0.39 is 30.5 Å². The van der Waals surface area contributed by atoms with Crippen molar-refractivity contribution in [3.63, 3.8) is 0 Å². The fourth-order valence-electron chi connectivity index (χ4n) is 2.24. The van der Waals surface area contributed by atoms with Crippen LogP contribution >= 0.6 is 11.3 Å². The molecule has 0 aliphatic carbocycles. The molecule has 0 bridgehead atoms. The third kappa shape index (κ3) is 5.78. The summed E-state index contributed by atoms with van der Waals surface area (Å²) in [5, 5.41) is 2.93. The van der Waals surface area contributed by atoms with Gasteiger partial charge < -0.3 is 14.4 Å². The van der Waals surface area contributed by atoms with E-state index in [1.807, 2.05) is 29.6 Å². The molecule has 0 radical (unpaired) electrons. The number of benzene rings is 1. The van der Waals surface area contributed by atoms with Gasteiger partial charge in [0.25, 0.3) is 5.91 Å². The van der Waals surface area contributed by atoms with Crippen LogP contribution in [-0.2, 0) is 19.1 Å². The molecular formula is C18H20N2O6S. The van der Waals surface area contributed by atoms with E-state index >= 15 is 0 Å². The molecule has 2 rings (SSSR count). The fraction of sp³-hybridized carbons (Fsp3) is 0.333. The lowest BCUT2D eigenvalue weighted by molar-refractivity contribution is -0.138. The lowest BCUT2D eigenvalue weighted by atomic mass is 10.2. The van der Waals surface area contributed by atoms with Gasteiger partial charge in [-0.3, -0.25) is 14.9 Å². The molecule has 3 amide bonds. The van der Waals surface area contributed by atoms with Crippen molar-refractivity contribution in [1.82, 2.24) is 10.2 Å². The van der Waals surface area contributed by atoms with Gasteiger partial charge in [-0.2, -0.15) is 0 Å². The molecule has 1 aromatic heterocycles. The molecule has 0 saturated carbocycles. The highest BCUT2D eigenvalue weighted by molar-refractivity contribution is 7.20. The van der Waals surface area contributed by atoms with Gasteiger partial charge in [0.1, 0.15) is 11.4 Å². The predicted molar refractivity (Wildman–Crippen MR) is 99.5 cm³/mol. The van der Waals surface area contributed by atoms with Crippen LogP contribution in [0.15, 0.2) is 30.3 Å². The molecule has 1 aromatic carbocycles. The summed E-state index contributed by atoms with van der Waals surface area (Å²) in [6.45, 7) is 2.79. The van der Waals surface area contributed by atoms with Crippen molar-refractivity contribution in [3.8, 4) is 0 Å². The molecule has 0 spiro atoms. The number of carbonyl (C=O) groups excluding carboxylic acids is 4. The summed E-state index contributed by atoms with van der Waals surface area (Å²) in [6, 6.07) is 9.22. The van der Waals surface area contributed by atoms with Gasteiger partial charge in [0, 0.05) is 11.2 Å². The van der Waals surface area contributed by atoms with Crippen LogP contribution in [0.25, 0.3) is 10.1 Å². The minimum atomic E-state index is -0.873. The van der Waals surface area contributed by atoms with E-state index in [4.69, 9.17) is 4.74 Å². The molecule has 1 heterocycles. The van der Waals surface area contributed by atoms with Gasteiger partial charge in [-0.15, -0.1) is 11.3 Å². The topological polar surface area (TPSA) is 102 Å². The minimum Gasteiger partial charge on any atom is -0.451 e. The van der Waals surface area contributed by atoms with Crippen LogP contribution in [0.5, 0.6) is 0 Å². The first-order valence-electron chi connectivity index (χ1n) is 8.34. The normalized spacial score (nSPS) is 10.3. The monoisotopic (exact) mass is 392 g/mol. The number of likely N-dealkylation sites (N-methyl/N-ethyl adjacent to an activating group) is 1. The van der Waals surface area contributed by atoms with Gasteiger partial charge in [0.05, 0.1) is 6.61 Å². The Morgan fingerprint density at radius 2 is 1.85 bits per heavy atom. The van der Waals surface area contributed by atoms with Crippen LogP contribution in [0, 0.1) is 0 Å². The predicted octanol–water partition coefficient (Wildman–Crippen LogP) is 2.18. The van der Waals surface area contributed by atoms with E-state index in [9.17, 15) is 19.2 Å². The van der Waals surface area contributed by atoms with Crippen molar-refractivity contribution in [2.24, 2.45) is 0 Å². The molecule has 144 valence electrons. The Morgan fingerprint density at radius 3 is 2.52 bits per heavy atom. The van der Waals surface area contributed by atoms with Crippen molar-refractivity contribution in [2.45, 2.75) is 13.8 Å². The average molecular weight is 392 g/mol. The molecule has 9 heteroatoms. The second kappa shape index (κ2) is 9.67. The molecule has 8 nitrogen and oxygen atoms in total. The Bertz CT molecular complexity index is 814. The van der Waals surface area contributed by atoms with Crippen molar-refractivity contribution >= 4 is 45.3 Å². The van der Waals surface area contributed by atoms with Crippen molar-refractivity contribution in [1.29, 1.82) is 0 Å². The number of carbonyl (C=O) groups is 4. The van der Waals surface area contributed by atoms with Gasteiger partial charge in [0.2, 0.25) is 5.91 Å². The standard InChI is InChI=1S/C18H20N2O6S/c1-3-20(10-15(21)19-18(24)25-4-2)16(22)11-26-17(23)14-9-12-7-5-6-8-13(12)27-14/h5-9H,3-4,10-11H2,1-2H3,(H,19,21,24). The highest BCUT2D eigenvalue weighted by Crippen LogP contribution is 2.25. The summed E-state index contributed by atoms with van der Waals surface area (Å²) in [6.07, 6.45) is -0.873. The largest absolute Gasteiger partial charge is 0.451 e. The van der Waals surface area contributed by atoms with Crippen LogP contribution in [0.4, 0.5) is 4.79 Å². The second-order valence-electron chi connectivity index (χ2n) is 5.40. The molecule has 27 heavy (non-hydrogen) atoms. The SMILES string of the molecule is CCOC(=O)NC(=O)CN(CC)C(=O)COC(=O)c1cc2ccccc2s1. The third-order valence-electron chi connectivity index (χ3n) is 3.54. The molecule has 1 N–H and O–H groups in total. The molecule has 0 fully saturated rings. The zero-order valence-electron chi connectivity index (χ0n) is 15.0. The number of nitrogens with zero attached hydrogens (tertiary/aromatic N) is 1. The number of amides is 3. The molecule has 0 atom stereocenters. The Labute approximate surface area is 160 Å². The lowest BCUT2D eigenvalue weighted by Gasteiger charge is -2.19. The number of alkyl carbamates (subject to hydrolysis) is 1. The number of thiophene rings is 1. The molecule has 0 aliphatic rings. The van der Waals surface area contributed by atoms with E-state index in [-0.39, 0.29) is 19.7 Å². The first-order valence-corrected chi connectivity index (χ1v) is 9.16. The van der Waals surface area contributed by atoms with Crippen LogP contribution < -0.4 is 5.32 Å². The zero-order chi connectivity index (χ0) is 19.8. The fourth-order valence-corrected chi connectivity index (χ4v) is 3.20. The molecule has 0 saturated heterocycles. The van der Waals surface area contributed by atoms with Crippen LogP contribution in [-0.4, -0.2) is 55.1 Å². The quantitative estimate of drug-likeness (QED) is 0.725. The first-order chi connectivity index (χ1) is 12.9. The molecular weight excluding hydrogens is 372 g/mol. The van der Waals surface area contributed by atoms with E-state index in [0.29, 0.717) is 4.88 Å². The minimum absolute atomic E-state index is 0.128. The number of ether oxygens (including phenoxy) is 2. The number of fused-ring (bicyclic) bond motifs is 1. The van der Waals surface area contributed by atoms with E-state index in [2.05, 4.69) is 4.74 Å². The summed E-state index contributed by atoms with van der Waals surface area (Å²) in [5.74, 6) is -1.82. The summed E-state index contributed by atoms with van der Waals surface area (Å²) in [7, 11) is 0. The zero-order valence-corrected chi connectivity index (χ0v) is 15.8. The maximum Gasteiger partial charge on any atom is 0.413 e.